The number of hydrogen-bond acceptors (Lipinski definition) is 5. The second kappa shape index (κ2) is 6.36. The predicted molar refractivity (Wildman–Crippen MR) is 78.5 cm³/mol. The zero-order valence-electron chi connectivity index (χ0n) is 9.89. The average molecular weight is 346 g/mol. The number of nitro benzene ring substituents is 1. The van der Waals surface area contributed by atoms with Crippen LogP contribution in [0.1, 0.15) is 0 Å². The van der Waals surface area contributed by atoms with Crippen LogP contribution in [0.25, 0.3) is 0 Å². The monoisotopic (exact) mass is 345 g/mol. The fourth-order valence-corrected chi connectivity index (χ4v) is 3.00. The predicted octanol–water partition coefficient (Wildman–Crippen LogP) is 2.00. The van der Waals surface area contributed by atoms with Crippen LogP contribution >= 0.6 is 27.7 Å². The van der Waals surface area contributed by atoms with Crippen LogP contribution in [0.15, 0.2) is 22.7 Å². The van der Waals surface area contributed by atoms with Gasteiger partial charge in [-0.2, -0.15) is 11.8 Å². The first-order valence-corrected chi connectivity index (χ1v) is 7.58. The Morgan fingerprint density at radius 3 is 3.00 bits per heavy atom. The maximum Gasteiger partial charge on any atom is 0.293 e. The lowest BCUT2D eigenvalue weighted by Gasteiger charge is -2.22. The first kappa shape index (κ1) is 14.3. The lowest BCUT2D eigenvalue weighted by atomic mass is 10.2. The number of halogens is 1. The largest absolute Gasteiger partial charge is 0.319 e. The summed E-state index contributed by atoms with van der Waals surface area (Å²) in [5, 5.41) is 16.6. The van der Waals surface area contributed by atoms with Gasteiger partial charge >= 0.3 is 0 Å². The molecule has 1 aliphatic heterocycles. The van der Waals surface area contributed by atoms with Gasteiger partial charge in [0.15, 0.2) is 0 Å². The van der Waals surface area contributed by atoms with Crippen molar-refractivity contribution in [1.29, 1.82) is 0 Å². The maximum absolute atomic E-state index is 12.0. The van der Waals surface area contributed by atoms with Gasteiger partial charge in [0.25, 0.3) is 5.69 Å². The number of carbonyl (C=O) groups is 1. The summed E-state index contributed by atoms with van der Waals surface area (Å²) in [6.45, 7) is 0.769. The Morgan fingerprint density at radius 1 is 1.58 bits per heavy atom. The number of hydrogen-bond donors (Lipinski definition) is 2. The molecule has 6 nitrogen and oxygen atoms in total. The molecular formula is C11H12BrN3O3S. The minimum absolute atomic E-state index is 0.119. The highest BCUT2D eigenvalue weighted by atomic mass is 79.9. The van der Waals surface area contributed by atoms with Crippen LogP contribution in [0.4, 0.5) is 11.4 Å². The van der Waals surface area contributed by atoms with Crippen molar-refractivity contribution in [2.45, 2.75) is 6.04 Å². The van der Waals surface area contributed by atoms with Crippen LogP contribution < -0.4 is 10.6 Å². The van der Waals surface area contributed by atoms with Gasteiger partial charge in [0.1, 0.15) is 5.69 Å². The minimum atomic E-state index is -0.510. The molecule has 1 aromatic rings. The van der Waals surface area contributed by atoms with Crippen molar-refractivity contribution in [3.63, 3.8) is 0 Å². The molecule has 0 saturated carbocycles. The molecule has 1 unspecified atom stereocenters. The van der Waals surface area contributed by atoms with Gasteiger partial charge in [0, 0.05) is 28.6 Å². The van der Waals surface area contributed by atoms with E-state index in [2.05, 4.69) is 26.6 Å². The molecule has 0 aromatic heterocycles. The number of nitro groups is 1. The minimum Gasteiger partial charge on any atom is -0.319 e. The molecule has 1 saturated heterocycles. The van der Waals surface area contributed by atoms with E-state index >= 15 is 0 Å². The van der Waals surface area contributed by atoms with Crippen LogP contribution in [0.5, 0.6) is 0 Å². The molecule has 2 N–H and O–H groups in total. The van der Waals surface area contributed by atoms with Gasteiger partial charge in [-0.25, -0.2) is 0 Å². The van der Waals surface area contributed by atoms with Crippen molar-refractivity contribution < 1.29 is 9.72 Å². The normalized spacial score (nSPS) is 18.9. The van der Waals surface area contributed by atoms with Crippen LogP contribution in [0.2, 0.25) is 0 Å². The molecule has 2 rings (SSSR count). The number of rotatable bonds is 3. The fourth-order valence-electron chi connectivity index (χ4n) is 1.72. The molecule has 1 aliphatic rings. The highest BCUT2D eigenvalue weighted by molar-refractivity contribution is 9.10. The third-order valence-corrected chi connectivity index (χ3v) is 4.21. The van der Waals surface area contributed by atoms with E-state index in [4.69, 9.17) is 0 Å². The van der Waals surface area contributed by atoms with E-state index in [1.165, 1.54) is 12.1 Å². The highest BCUT2D eigenvalue weighted by Gasteiger charge is 2.23. The summed E-state index contributed by atoms with van der Waals surface area (Å²) in [7, 11) is 0. The first-order chi connectivity index (χ1) is 9.08. The van der Waals surface area contributed by atoms with E-state index < -0.39 is 4.92 Å². The summed E-state index contributed by atoms with van der Waals surface area (Å²) >= 11 is 4.86. The molecule has 8 heteroatoms. The third kappa shape index (κ3) is 3.68. The van der Waals surface area contributed by atoms with Gasteiger partial charge in [-0.3, -0.25) is 14.9 Å². The van der Waals surface area contributed by atoms with Crippen LogP contribution in [0, 0.1) is 10.1 Å². The molecule has 0 aliphatic carbocycles. The van der Waals surface area contributed by atoms with Crippen molar-refractivity contribution in [3.05, 3.63) is 32.8 Å². The second-order valence-corrected chi connectivity index (χ2v) is 6.05. The van der Waals surface area contributed by atoms with Crippen molar-refractivity contribution in [2.75, 3.05) is 23.4 Å². The van der Waals surface area contributed by atoms with E-state index in [-0.39, 0.29) is 23.3 Å². The van der Waals surface area contributed by atoms with Gasteiger partial charge < -0.3 is 10.6 Å². The summed E-state index contributed by atoms with van der Waals surface area (Å²) in [5.41, 5.74) is 0.0989. The molecule has 1 fully saturated rings. The molecule has 1 amide bonds. The van der Waals surface area contributed by atoms with Gasteiger partial charge in [0.2, 0.25) is 5.91 Å². The van der Waals surface area contributed by atoms with Crippen LogP contribution in [0.3, 0.4) is 0 Å². The Morgan fingerprint density at radius 2 is 2.37 bits per heavy atom. The summed E-state index contributed by atoms with van der Waals surface area (Å²) in [4.78, 5) is 22.4. The van der Waals surface area contributed by atoms with E-state index in [9.17, 15) is 14.9 Å². The SMILES string of the molecule is O=C(Nc1ccc(Br)cc1[N+](=O)[O-])C1CSCCN1. The number of thioether (sulfide) groups is 1. The molecule has 0 radical (unpaired) electrons. The van der Waals surface area contributed by atoms with E-state index in [0.717, 1.165) is 12.3 Å². The molecule has 1 heterocycles. The summed E-state index contributed by atoms with van der Waals surface area (Å²) in [5.74, 6) is 1.41. The zero-order valence-corrected chi connectivity index (χ0v) is 12.3. The molecule has 1 aromatic carbocycles. The van der Waals surface area contributed by atoms with E-state index in [1.807, 2.05) is 0 Å². The Labute approximate surface area is 122 Å². The van der Waals surface area contributed by atoms with Gasteiger partial charge in [-0.15, -0.1) is 0 Å². The lowest BCUT2D eigenvalue weighted by molar-refractivity contribution is -0.384. The van der Waals surface area contributed by atoms with E-state index in [1.54, 1.807) is 17.8 Å². The summed E-state index contributed by atoms with van der Waals surface area (Å²) < 4.78 is 0.601. The first-order valence-electron chi connectivity index (χ1n) is 5.64. The number of benzene rings is 1. The number of nitrogens with zero attached hydrogens (tertiary/aromatic N) is 1. The van der Waals surface area contributed by atoms with Crippen LogP contribution in [-0.2, 0) is 4.79 Å². The Kier molecular flexibility index (Phi) is 4.78. The van der Waals surface area contributed by atoms with Crippen molar-refractivity contribution in [2.24, 2.45) is 0 Å². The smallest absolute Gasteiger partial charge is 0.293 e. The number of amides is 1. The molecule has 1 atom stereocenters. The summed E-state index contributed by atoms with van der Waals surface area (Å²) in [6, 6.07) is 4.25. The number of nitrogens with one attached hydrogen (secondary N) is 2. The molecule has 102 valence electrons. The number of anilines is 1. The quantitative estimate of drug-likeness (QED) is 0.646. The Hall–Kier alpha value is -1.12. The summed E-state index contributed by atoms with van der Waals surface area (Å²) in [6.07, 6.45) is 0. The van der Waals surface area contributed by atoms with Gasteiger partial charge in [-0.05, 0) is 12.1 Å². The number of carbonyl (C=O) groups excluding carboxylic acids is 1. The van der Waals surface area contributed by atoms with Gasteiger partial charge in [0.05, 0.1) is 11.0 Å². The Balaban J connectivity index is 2.13. The molecular weight excluding hydrogens is 334 g/mol. The van der Waals surface area contributed by atoms with Crippen molar-refractivity contribution in [3.8, 4) is 0 Å². The third-order valence-electron chi connectivity index (χ3n) is 2.65. The van der Waals surface area contributed by atoms with Crippen LogP contribution in [-0.4, -0.2) is 34.9 Å². The van der Waals surface area contributed by atoms with Crippen molar-refractivity contribution >= 4 is 45.0 Å². The topological polar surface area (TPSA) is 84.3 Å². The fraction of sp³-hybridized carbons (Fsp3) is 0.364. The van der Waals surface area contributed by atoms with Gasteiger partial charge in [-0.1, -0.05) is 15.9 Å². The zero-order chi connectivity index (χ0) is 13.8. The molecule has 0 bridgehead atoms. The standard InChI is InChI=1S/C11H12BrN3O3S/c12-7-1-2-8(10(5-7)15(17)18)14-11(16)9-6-19-4-3-13-9/h1-2,5,9,13H,3-4,6H2,(H,14,16). The highest BCUT2D eigenvalue weighted by Crippen LogP contribution is 2.28. The second-order valence-electron chi connectivity index (χ2n) is 3.99. The Bertz CT molecular complexity index is 506. The maximum atomic E-state index is 12.0. The van der Waals surface area contributed by atoms with Crippen molar-refractivity contribution in [1.82, 2.24) is 5.32 Å². The molecule has 0 spiro atoms. The van der Waals surface area contributed by atoms with E-state index in [0.29, 0.717) is 10.2 Å². The average Bonchev–Trinajstić information content (AvgIpc) is 2.41. The molecule has 19 heavy (non-hydrogen) atoms. The lowest BCUT2D eigenvalue weighted by Crippen LogP contribution is -2.46.